The Kier molecular flexibility index (Phi) is 4.96. The number of aliphatic hydroxyl groups is 1. The van der Waals surface area contributed by atoms with Crippen molar-refractivity contribution < 1.29 is 13.5 Å². The fourth-order valence-electron chi connectivity index (χ4n) is 6.43. The number of fused-ring (bicyclic) bond motifs is 2. The Morgan fingerprint density at radius 2 is 1.68 bits per heavy atom. The van der Waals surface area contributed by atoms with E-state index in [1.807, 2.05) is 18.2 Å². The molecule has 0 aromatic heterocycles. The van der Waals surface area contributed by atoms with E-state index in [1.54, 1.807) is 6.92 Å². The lowest BCUT2D eigenvalue weighted by Gasteiger charge is -2.32. The van der Waals surface area contributed by atoms with Crippen LogP contribution in [0.15, 0.2) is 48.5 Å². The number of nitrogens with one attached hydrogen (secondary N) is 1. The summed E-state index contributed by atoms with van der Waals surface area (Å²) in [6.45, 7) is 6.62. The van der Waals surface area contributed by atoms with Crippen molar-refractivity contribution >= 4 is 15.7 Å². The van der Waals surface area contributed by atoms with Crippen LogP contribution in [0.2, 0.25) is 0 Å². The number of sulfonamides is 1. The van der Waals surface area contributed by atoms with Gasteiger partial charge in [0, 0.05) is 43.6 Å². The highest BCUT2D eigenvalue weighted by atomic mass is 32.2. The first-order valence-electron chi connectivity index (χ1n) is 11.4. The van der Waals surface area contributed by atoms with Crippen LogP contribution < -0.4 is 4.72 Å². The molecule has 3 atom stereocenters. The molecule has 2 aromatic carbocycles. The van der Waals surface area contributed by atoms with Crippen molar-refractivity contribution in [2.75, 3.05) is 30.1 Å². The van der Waals surface area contributed by atoms with Crippen LogP contribution in [-0.2, 0) is 28.3 Å². The molecule has 2 aliphatic carbocycles. The molecular formula is C25H32N2O3S. The molecule has 2 aromatic rings. The molecule has 1 aliphatic heterocycles. The summed E-state index contributed by atoms with van der Waals surface area (Å²) in [5.74, 6) is 1.22. The Morgan fingerprint density at radius 1 is 1.03 bits per heavy atom. The molecule has 2 fully saturated rings. The number of rotatable bonds is 7. The Labute approximate surface area is 185 Å². The number of hydrogen-bond donors (Lipinski definition) is 2. The Balaban J connectivity index is 1.27. The molecule has 0 bridgehead atoms. The molecule has 5 nitrogen and oxygen atoms in total. The summed E-state index contributed by atoms with van der Waals surface area (Å²) in [6.07, 6.45) is 2.54. The molecule has 6 heteroatoms. The number of β-amino-alcohol motifs (C(OH)–C–C–N with tert-alkyl or cyclic N) is 1. The molecule has 166 valence electrons. The lowest BCUT2D eigenvalue weighted by molar-refractivity contribution is 0.0139. The summed E-state index contributed by atoms with van der Waals surface area (Å²) in [5, 5.41) is 11.2. The highest BCUT2D eigenvalue weighted by Gasteiger charge is 2.67. The quantitative estimate of drug-likeness (QED) is 0.694. The average Bonchev–Trinajstić information content (AvgIpc) is 3.00. The van der Waals surface area contributed by atoms with Crippen LogP contribution in [0.3, 0.4) is 0 Å². The van der Waals surface area contributed by atoms with E-state index in [0.717, 1.165) is 38.9 Å². The maximum absolute atomic E-state index is 12.0. The molecule has 5 rings (SSSR count). The van der Waals surface area contributed by atoms with Gasteiger partial charge in [-0.1, -0.05) is 43.3 Å². The third-order valence-electron chi connectivity index (χ3n) is 7.92. The fourth-order valence-corrected chi connectivity index (χ4v) is 7.06. The number of nitrogens with zero attached hydrogens (tertiary/aromatic N) is 1. The Bertz CT molecular complexity index is 1060. The normalized spacial score (nSPS) is 28.9. The van der Waals surface area contributed by atoms with Crippen molar-refractivity contribution in [2.45, 2.75) is 44.1 Å². The molecule has 2 N–H and O–H groups in total. The number of benzene rings is 2. The van der Waals surface area contributed by atoms with Gasteiger partial charge in [0.15, 0.2) is 0 Å². The molecule has 0 radical (unpaired) electrons. The second-order valence-corrected chi connectivity index (χ2v) is 11.7. The van der Waals surface area contributed by atoms with E-state index >= 15 is 0 Å². The molecule has 1 unspecified atom stereocenters. The van der Waals surface area contributed by atoms with E-state index in [-0.39, 0.29) is 11.2 Å². The predicted molar refractivity (Wildman–Crippen MR) is 124 cm³/mol. The van der Waals surface area contributed by atoms with Gasteiger partial charge in [0.2, 0.25) is 10.0 Å². The highest BCUT2D eigenvalue weighted by Crippen LogP contribution is 2.65. The molecule has 31 heavy (non-hydrogen) atoms. The number of piperidine rings is 1. The summed E-state index contributed by atoms with van der Waals surface area (Å²) in [4.78, 5) is 2.44. The van der Waals surface area contributed by atoms with Crippen LogP contribution in [0.1, 0.15) is 37.0 Å². The van der Waals surface area contributed by atoms with Crippen molar-refractivity contribution in [3.05, 3.63) is 65.2 Å². The van der Waals surface area contributed by atoms with Gasteiger partial charge >= 0.3 is 0 Å². The predicted octanol–water partition coefficient (Wildman–Crippen LogP) is 3.19. The minimum atomic E-state index is -3.28. The largest absolute Gasteiger partial charge is 0.388 e. The summed E-state index contributed by atoms with van der Waals surface area (Å²) in [6, 6.07) is 16.4. The van der Waals surface area contributed by atoms with Crippen molar-refractivity contribution in [3.8, 4) is 0 Å². The Hall–Kier alpha value is -1.89. The number of anilines is 1. The van der Waals surface area contributed by atoms with E-state index < -0.39 is 15.6 Å². The zero-order valence-corrected chi connectivity index (χ0v) is 19.2. The monoisotopic (exact) mass is 440 g/mol. The van der Waals surface area contributed by atoms with Crippen LogP contribution in [-0.4, -0.2) is 49.4 Å². The van der Waals surface area contributed by atoms with Crippen molar-refractivity contribution in [1.29, 1.82) is 0 Å². The SMILES string of the molecule is CCC1(c2cccc(NS(=O)(=O)CC)c2)[C@@H]2CN(CC3(O)Cc4ccccc4C3)C[C@@H]21. The van der Waals surface area contributed by atoms with Gasteiger partial charge < -0.3 is 5.11 Å². The van der Waals surface area contributed by atoms with Gasteiger partial charge in [-0.05, 0) is 54.0 Å². The maximum Gasteiger partial charge on any atom is 0.232 e. The van der Waals surface area contributed by atoms with Crippen LogP contribution in [0, 0.1) is 11.8 Å². The third-order valence-corrected chi connectivity index (χ3v) is 9.23. The molecule has 1 heterocycles. The first kappa shape index (κ1) is 21.0. The van der Waals surface area contributed by atoms with Gasteiger partial charge in [-0.25, -0.2) is 8.42 Å². The van der Waals surface area contributed by atoms with Crippen molar-refractivity contribution in [2.24, 2.45) is 11.8 Å². The minimum Gasteiger partial charge on any atom is -0.388 e. The lowest BCUT2D eigenvalue weighted by Crippen LogP contribution is -2.45. The number of likely N-dealkylation sites (tertiary alicyclic amines) is 1. The molecule has 0 spiro atoms. The van der Waals surface area contributed by atoms with Crippen LogP contribution >= 0.6 is 0 Å². The summed E-state index contributed by atoms with van der Waals surface area (Å²) in [5.41, 5.74) is 3.94. The molecule has 1 saturated heterocycles. The molecule has 1 saturated carbocycles. The van der Waals surface area contributed by atoms with Gasteiger partial charge in [0.25, 0.3) is 0 Å². The maximum atomic E-state index is 12.0. The number of hydrogen-bond acceptors (Lipinski definition) is 4. The van der Waals surface area contributed by atoms with E-state index in [9.17, 15) is 13.5 Å². The van der Waals surface area contributed by atoms with Gasteiger partial charge in [-0.15, -0.1) is 0 Å². The average molecular weight is 441 g/mol. The summed E-state index contributed by atoms with van der Waals surface area (Å²) >= 11 is 0. The summed E-state index contributed by atoms with van der Waals surface area (Å²) < 4.78 is 26.7. The van der Waals surface area contributed by atoms with E-state index in [1.165, 1.54) is 16.7 Å². The second-order valence-electron chi connectivity index (χ2n) is 9.73. The highest BCUT2D eigenvalue weighted by molar-refractivity contribution is 7.92. The lowest BCUT2D eigenvalue weighted by atomic mass is 9.87. The molecule has 0 amide bonds. The Morgan fingerprint density at radius 3 is 2.26 bits per heavy atom. The smallest absolute Gasteiger partial charge is 0.232 e. The van der Waals surface area contributed by atoms with Crippen LogP contribution in [0.25, 0.3) is 0 Å². The zero-order valence-electron chi connectivity index (χ0n) is 18.3. The first-order chi connectivity index (χ1) is 14.8. The molecule has 3 aliphatic rings. The third kappa shape index (κ3) is 3.59. The second kappa shape index (κ2) is 7.32. The summed E-state index contributed by atoms with van der Waals surface area (Å²) in [7, 11) is -3.28. The van der Waals surface area contributed by atoms with Crippen molar-refractivity contribution in [3.63, 3.8) is 0 Å². The van der Waals surface area contributed by atoms with E-state index in [0.29, 0.717) is 17.5 Å². The van der Waals surface area contributed by atoms with Gasteiger partial charge in [-0.2, -0.15) is 0 Å². The van der Waals surface area contributed by atoms with E-state index in [2.05, 4.69) is 46.9 Å². The topological polar surface area (TPSA) is 69.6 Å². The van der Waals surface area contributed by atoms with Gasteiger partial charge in [-0.3, -0.25) is 9.62 Å². The minimum absolute atomic E-state index is 0.0726. The van der Waals surface area contributed by atoms with Gasteiger partial charge in [0.1, 0.15) is 0 Å². The first-order valence-corrected chi connectivity index (χ1v) is 13.1. The van der Waals surface area contributed by atoms with Gasteiger partial charge in [0.05, 0.1) is 11.4 Å². The van der Waals surface area contributed by atoms with Crippen LogP contribution in [0.4, 0.5) is 5.69 Å². The standard InChI is InChI=1S/C25H32N2O3S/c1-3-25(20-10-7-11-21(12-20)26-31(29,30)4-2)22-15-27(16-23(22)25)17-24(28)13-18-8-5-6-9-19(18)14-24/h5-12,22-23,26,28H,3-4,13-17H2,1-2H3/t22-,23+,25?. The van der Waals surface area contributed by atoms with Crippen molar-refractivity contribution in [1.82, 2.24) is 4.90 Å². The molecular weight excluding hydrogens is 408 g/mol. The fraction of sp³-hybridized carbons (Fsp3) is 0.520. The van der Waals surface area contributed by atoms with Crippen LogP contribution in [0.5, 0.6) is 0 Å². The van der Waals surface area contributed by atoms with E-state index in [4.69, 9.17) is 0 Å². The zero-order chi connectivity index (χ0) is 21.9.